The van der Waals surface area contributed by atoms with Crippen LogP contribution in [0.1, 0.15) is 26.0 Å². The monoisotopic (exact) mass is 183 g/mol. The van der Waals surface area contributed by atoms with E-state index in [1.807, 2.05) is 13.8 Å². The van der Waals surface area contributed by atoms with Crippen LogP contribution in [0.5, 0.6) is 0 Å². The summed E-state index contributed by atoms with van der Waals surface area (Å²) in [6.45, 7) is 4.00. The third-order valence-electron chi connectivity index (χ3n) is 1.13. The Balaban J connectivity index is 0.000000561. The third-order valence-corrected chi connectivity index (χ3v) is 1.47. The van der Waals surface area contributed by atoms with Gasteiger partial charge < -0.3 is 0 Å². The van der Waals surface area contributed by atoms with Crippen LogP contribution in [0.4, 0.5) is 0 Å². The molecule has 0 aliphatic carbocycles. The fourth-order valence-electron chi connectivity index (χ4n) is 0.629. The number of nitrogens with one attached hydrogen (secondary N) is 2. The smallest absolute Gasteiger partial charge is 0.142 e. The second-order valence-corrected chi connectivity index (χ2v) is 2.24. The number of hydrogen-bond donors (Lipinski definition) is 2. The van der Waals surface area contributed by atoms with Gasteiger partial charge >= 0.3 is 0 Å². The minimum atomic E-state index is 0.648. The molecule has 0 aliphatic rings. The van der Waals surface area contributed by atoms with Gasteiger partial charge in [-0.2, -0.15) is 5.10 Å². The van der Waals surface area contributed by atoms with E-state index in [4.69, 9.17) is 18.6 Å². The molecular formula is C8H13N3S. The molecule has 0 saturated carbocycles. The van der Waals surface area contributed by atoms with Crippen molar-refractivity contribution in [1.29, 1.82) is 0 Å². The highest BCUT2D eigenvalue weighted by Gasteiger charge is 1.95. The number of aromatic amines is 2. The van der Waals surface area contributed by atoms with Gasteiger partial charge in [-0.15, -0.1) is 12.3 Å². The van der Waals surface area contributed by atoms with Crippen LogP contribution in [-0.4, -0.2) is 15.4 Å². The summed E-state index contributed by atoms with van der Waals surface area (Å²) in [6, 6.07) is 0. The van der Waals surface area contributed by atoms with Gasteiger partial charge in [-0.05, 0) is 0 Å². The fraction of sp³-hybridized carbons (Fsp3) is 0.500. The van der Waals surface area contributed by atoms with Crippen molar-refractivity contribution in [2.24, 2.45) is 0 Å². The number of hydrogen-bond acceptors (Lipinski definition) is 2. The normalized spacial score (nSPS) is 8.08. The number of rotatable bonds is 2. The van der Waals surface area contributed by atoms with Crippen molar-refractivity contribution in [3.05, 3.63) is 10.3 Å². The van der Waals surface area contributed by atoms with Crippen LogP contribution in [0.2, 0.25) is 0 Å². The van der Waals surface area contributed by atoms with Gasteiger partial charge in [-0.3, -0.25) is 5.10 Å². The largest absolute Gasteiger partial charge is 0.273 e. The lowest BCUT2D eigenvalue weighted by Gasteiger charge is -1.84. The number of aromatic nitrogens is 3. The minimum absolute atomic E-state index is 0.648. The van der Waals surface area contributed by atoms with Crippen LogP contribution in [-0.2, 0) is 6.42 Å². The summed E-state index contributed by atoms with van der Waals surface area (Å²) in [5.74, 6) is 2.52. The van der Waals surface area contributed by atoms with E-state index in [1.165, 1.54) is 0 Å². The van der Waals surface area contributed by atoms with Crippen LogP contribution in [0.25, 0.3) is 0 Å². The molecule has 0 saturated heterocycles. The van der Waals surface area contributed by atoms with E-state index in [1.54, 1.807) is 0 Å². The lowest BCUT2D eigenvalue weighted by atomic mass is 10.3. The zero-order valence-corrected chi connectivity index (χ0v) is 8.16. The van der Waals surface area contributed by atoms with Gasteiger partial charge in [0, 0.05) is 12.8 Å². The van der Waals surface area contributed by atoms with Crippen LogP contribution in [0, 0.1) is 17.0 Å². The summed E-state index contributed by atoms with van der Waals surface area (Å²) >= 11 is 4.88. The molecule has 0 atom stereocenters. The molecular weight excluding hydrogens is 170 g/mol. The highest BCUT2D eigenvalue weighted by atomic mass is 32.1. The minimum Gasteiger partial charge on any atom is -0.273 e. The molecule has 0 fully saturated rings. The Bertz CT molecular complexity index is 292. The molecule has 1 aromatic rings. The van der Waals surface area contributed by atoms with Crippen molar-refractivity contribution < 1.29 is 0 Å². The van der Waals surface area contributed by atoms with Gasteiger partial charge in [-0.25, -0.2) is 5.21 Å². The SMILES string of the molecule is C#CCCc1n[nH][nH]c1=S.CC. The van der Waals surface area contributed by atoms with Crippen molar-refractivity contribution in [1.82, 2.24) is 15.4 Å². The lowest BCUT2D eigenvalue weighted by molar-refractivity contribution is 0.891. The van der Waals surface area contributed by atoms with Gasteiger partial charge in [0.2, 0.25) is 0 Å². The van der Waals surface area contributed by atoms with Gasteiger partial charge in [-0.1, -0.05) is 26.1 Å². The van der Waals surface area contributed by atoms with E-state index in [-0.39, 0.29) is 0 Å². The van der Waals surface area contributed by atoms with Gasteiger partial charge in [0.1, 0.15) is 4.64 Å². The van der Waals surface area contributed by atoms with E-state index in [2.05, 4.69) is 21.3 Å². The Hall–Kier alpha value is -1.08. The Labute approximate surface area is 77.6 Å². The van der Waals surface area contributed by atoms with Gasteiger partial charge in [0.05, 0.1) is 5.69 Å². The number of terminal acetylenes is 1. The third kappa shape index (κ3) is 3.35. The molecule has 2 N–H and O–H groups in total. The molecule has 0 aliphatic heterocycles. The first-order valence-electron chi connectivity index (χ1n) is 3.90. The summed E-state index contributed by atoms with van der Waals surface area (Å²) in [5, 5.41) is 9.12. The van der Waals surface area contributed by atoms with Crippen molar-refractivity contribution >= 4 is 12.2 Å². The van der Waals surface area contributed by atoms with Crippen LogP contribution >= 0.6 is 12.2 Å². The van der Waals surface area contributed by atoms with E-state index in [9.17, 15) is 0 Å². The van der Waals surface area contributed by atoms with Crippen LogP contribution < -0.4 is 0 Å². The molecule has 1 aromatic heterocycles. The first-order chi connectivity index (χ1) is 5.84. The summed E-state index contributed by atoms with van der Waals surface area (Å²) in [7, 11) is 0. The van der Waals surface area contributed by atoms with Crippen LogP contribution in [0.15, 0.2) is 0 Å². The van der Waals surface area contributed by atoms with Gasteiger partial charge in [0.25, 0.3) is 0 Å². The van der Waals surface area contributed by atoms with E-state index >= 15 is 0 Å². The summed E-state index contributed by atoms with van der Waals surface area (Å²) in [5.41, 5.74) is 0.841. The molecule has 4 heteroatoms. The Morgan fingerprint density at radius 2 is 2.25 bits per heavy atom. The summed E-state index contributed by atoms with van der Waals surface area (Å²) in [4.78, 5) is 0. The molecule has 3 nitrogen and oxygen atoms in total. The highest BCUT2D eigenvalue weighted by Crippen LogP contribution is 1.96. The maximum atomic E-state index is 5.06. The predicted octanol–water partition coefficient (Wildman–Crippen LogP) is 2.06. The zero-order chi connectivity index (χ0) is 9.40. The second-order valence-electron chi connectivity index (χ2n) is 1.83. The number of nitrogens with zero attached hydrogens (tertiary/aromatic N) is 1. The van der Waals surface area contributed by atoms with Gasteiger partial charge in [0.15, 0.2) is 0 Å². The van der Waals surface area contributed by atoms with E-state index < -0.39 is 0 Å². The zero-order valence-electron chi connectivity index (χ0n) is 7.35. The molecule has 1 heterocycles. The average Bonchev–Trinajstić information content (AvgIpc) is 2.51. The first kappa shape index (κ1) is 10.9. The van der Waals surface area contributed by atoms with Crippen molar-refractivity contribution in [3.63, 3.8) is 0 Å². The molecule has 0 aromatic carbocycles. The summed E-state index contributed by atoms with van der Waals surface area (Å²) < 4.78 is 0.648. The quantitative estimate of drug-likeness (QED) is 0.544. The van der Waals surface area contributed by atoms with E-state index in [0.717, 1.165) is 12.1 Å². The molecule has 0 radical (unpaired) electrons. The topological polar surface area (TPSA) is 44.5 Å². The number of H-pyrrole nitrogens is 2. The molecule has 0 spiro atoms. The number of aryl methyl sites for hydroxylation is 1. The Kier molecular flexibility index (Phi) is 6.02. The highest BCUT2D eigenvalue weighted by molar-refractivity contribution is 7.71. The first-order valence-corrected chi connectivity index (χ1v) is 4.31. The van der Waals surface area contributed by atoms with Crippen molar-refractivity contribution in [2.75, 3.05) is 0 Å². The predicted molar refractivity (Wildman–Crippen MR) is 52.3 cm³/mol. The maximum Gasteiger partial charge on any atom is 0.142 e. The van der Waals surface area contributed by atoms with Crippen molar-refractivity contribution in [2.45, 2.75) is 26.7 Å². The van der Waals surface area contributed by atoms with Crippen molar-refractivity contribution in [3.8, 4) is 12.3 Å². The van der Waals surface area contributed by atoms with E-state index in [0.29, 0.717) is 11.1 Å². The summed E-state index contributed by atoms with van der Waals surface area (Å²) in [6.07, 6.45) is 6.49. The lowest BCUT2D eigenvalue weighted by Crippen LogP contribution is -1.83. The van der Waals surface area contributed by atoms with Crippen LogP contribution in [0.3, 0.4) is 0 Å². The molecule has 0 unspecified atom stereocenters. The molecule has 12 heavy (non-hydrogen) atoms. The molecule has 1 rings (SSSR count). The standard InChI is InChI=1S/C6H7N3S.C2H6/c1-2-3-4-5-6(10)8-9-7-5;1-2/h1H,3-4H2,(H2,7,8,9,10);1-2H3. The Morgan fingerprint density at radius 1 is 1.58 bits per heavy atom. The molecule has 66 valence electrons. The average molecular weight is 183 g/mol. The molecule has 0 amide bonds. The second kappa shape index (κ2) is 6.62. The Morgan fingerprint density at radius 3 is 2.67 bits per heavy atom. The molecule has 0 bridgehead atoms. The fourth-order valence-corrected chi connectivity index (χ4v) is 0.822. The maximum absolute atomic E-state index is 5.06.